The predicted octanol–water partition coefficient (Wildman–Crippen LogP) is 3.92. The fraction of sp³-hybridized carbons (Fsp3) is 0.842. The Bertz CT molecular complexity index is 498. The lowest BCUT2D eigenvalue weighted by molar-refractivity contribution is -0.122. The molecule has 1 aliphatic heterocycles. The summed E-state index contributed by atoms with van der Waals surface area (Å²) in [4.78, 5) is 11.7. The molecule has 0 aromatic rings. The first-order valence-corrected chi connectivity index (χ1v) is 8.95. The second-order valence-electron chi connectivity index (χ2n) is 8.74. The highest BCUT2D eigenvalue weighted by Crippen LogP contribution is 2.64. The third kappa shape index (κ3) is 1.74. The van der Waals surface area contributed by atoms with Crippen LogP contribution >= 0.6 is 0 Å². The Morgan fingerprint density at radius 1 is 1.10 bits per heavy atom. The number of hydrogen-bond donors (Lipinski definition) is 1. The van der Waals surface area contributed by atoms with Crippen molar-refractivity contribution in [3.05, 3.63) is 12.2 Å². The molecule has 2 nitrogen and oxygen atoms in total. The Hall–Kier alpha value is -0.790. The van der Waals surface area contributed by atoms with E-state index < -0.39 is 0 Å². The Morgan fingerprint density at radius 2 is 1.90 bits per heavy atom. The molecule has 21 heavy (non-hydrogen) atoms. The second-order valence-corrected chi connectivity index (χ2v) is 8.74. The molecule has 116 valence electrons. The zero-order valence-corrected chi connectivity index (χ0v) is 13.7. The van der Waals surface area contributed by atoms with E-state index >= 15 is 0 Å². The van der Waals surface area contributed by atoms with Gasteiger partial charge >= 0.3 is 0 Å². The summed E-state index contributed by atoms with van der Waals surface area (Å²) in [6.07, 6.45) is 12.2. The smallest absolute Gasteiger partial charge is 0.243 e. The van der Waals surface area contributed by atoms with Crippen LogP contribution in [0.25, 0.3) is 0 Å². The van der Waals surface area contributed by atoms with E-state index in [4.69, 9.17) is 0 Å². The van der Waals surface area contributed by atoms with Crippen LogP contribution in [0, 0.1) is 34.5 Å². The Labute approximate surface area is 128 Å². The van der Waals surface area contributed by atoms with Gasteiger partial charge in [0.25, 0.3) is 0 Å². The van der Waals surface area contributed by atoms with Crippen molar-refractivity contribution < 1.29 is 4.79 Å². The van der Waals surface area contributed by atoms with E-state index in [1.165, 1.54) is 38.5 Å². The zero-order chi connectivity index (χ0) is 14.8. The Kier molecular flexibility index (Phi) is 2.88. The van der Waals surface area contributed by atoms with Crippen LogP contribution in [0.4, 0.5) is 0 Å². The lowest BCUT2D eigenvalue weighted by atomic mass is 9.48. The molecule has 2 heteroatoms. The fourth-order valence-corrected chi connectivity index (χ4v) is 6.60. The first kappa shape index (κ1) is 13.8. The van der Waals surface area contributed by atoms with Crippen molar-refractivity contribution >= 4 is 5.91 Å². The van der Waals surface area contributed by atoms with Crippen molar-refractivity contribution in [3.8, 4) is 0 Å². The molecule has 3 aliphatic carbocycles. The summed E-state index contributed by atoms with van der Waals surface area (Å²) in [5, 5.41) is 3.24. The predicted molar refractivity (Wildman–Crippen MR) is 84.6 cm³/mol. The Balaban J connectivity index is 1.68. The average Bonchev–Trinajstić information content (AvgIpc) is 2.76. The van der Waals surface area contributed by atoms with Crippen molar-refractivity contribution in [2.75, 3.05) is 0 Å². The monoisotopic (exact) mass is 287 g/mol. The Morgan fingerprint density at radius 3 is 2.71 bits per heavy atom. The van der Waals surface area contributed by atoms with Gasteiger partial charge < -0.3 is 5.32 Å². The molecule has 1 heterocycles. The van der Waals surface area contributed by atoms with Gasteiger partial charge in [0, 0.05) is 11.5 Å². The van der Waals surface area contributed by atoms with Crippen LogP contribution in [0.2, 0.25) is 0 Å². The van der Waals surface area contributed by atoms with Crippen molar-refractivity contribution in [1.82, 2.24) is 5.32 Å². The molecular weight excluding hydrogens is 258 g/mol. The largest absolute Gasteiger partial charge is 0.349 e. The van der Waals surface area contributed by atoms with Gasteiger partial charge in [0.05, 0.1) is 0 Å². The quantitative estimate of drug-likeness (QED) is 0.719. The molecule has 4 rings (SSSR count). The first-order chi connectivity index (χ1) is 9.95. The molecule has 1 amide bonds. The van der Waals surface area contributed by atoms with Gasteiger partial charge in [-0.3, -0.25) is 4.79 Å². The molecular formula is C19H29NO. The zero-order valence-electron chi connectivity index (χ0n) is 13.7. The molecule has 0 aromatic heterocycles. The molecule has 0 spiro atoms. The number of amides is 1. The van der Waals surface area contributed by atoms with Crippen LogP contribution in [-0.2, 0) is 4.79 Å². The molecule has 3 saturated carbocycles. The second kappa shape index (κ2) is 4.36. The normalized spacial score (nSPS) is 55.4. The maximum Gasteiger partial charge on any atom is 0.243 e. The van der Waals surface area contributed by atoms with Crippen LogP contribution in [0.5, 0.6) is 0 Å². The van der Waals surface area contributed by atoms with Gasteiger partial charge in [-0.1, -0.05) is 26.8 Å². The highest BCUT2D eigenvalue weighted by molar-refractivity contribution is 5.89. The summed E-state index contributed by atoms with van der Waals surface area (Å²) in [6.45, 7) is 7.46. The van der Waals surface area contributed by atoms with Crippen molar-refractivity contribution in [2.45, 2.75) is 65.3 Å². The van der Waals surface area contributed by atoms with E-state index in [1.54, 1.807) is 6.08 Å². The molecule has 4 unspecified atom stereocenters. The molecule has 4 aliphatic rings. The average molecular weight is 287 g/mol. The lowest BCUT2D eigenvalue weighted by Crippen LogP contribution is -2.59. The van der Waals surface area contributed by atoms with E-state index in [-0.39, 0.29) is 11.3 Å². The van der Waals surface area contributed by atoms with Gasteiger partial charge in [0.2, 0.25) is 5.91 Å². The highest BCUT2D eigenvalue weighted by Gasteiger charge is 2.58. The van der Waals surface area contributed by atoms with Gasteiger partial charge in [0.1, 0.15) is 0 Å². The first-order valence-electron chi connectivity index (χ1n) is 8.95. The number of nitrogens with one attached hydrogen (secondary N) is 1. The molecule has 7 atom stereocenters. The van der Waals surface area contributed by atoms with E-state index in [1.807, 2.05) is 0 Å². The summed E-state index contributed by atoms with van der Waals surface area (Å²) in [5.74, 6) is 3.60. The van der Waals surface area contributed by atoms with Crippen LogP contribution in [0.1, 0.15) is 59.3 Å². The molecule has 1 N–H and O–H groups in total. The summed E-state index contributed by atoms with van der Waals surface area (Å²) in [7, 11) is 0. The van der Waals surface area contributed by atoms with E-state index in [2.05, 4.69) is 32.2 Å². The number of fused-ring (bicyclic) bond motifs is 5. The van der Waals surface area contributed by atoms with Gasteiger partial charge in [-0.2, -0.15) is 0 Å². The minimum absolute atomic E-state index is 0.117. The summed E-state index contributed by atoms with van der Waals surface area (Å²) in [6, 6.07) is 0.374. The highest BCUT2D eigenvalue weighted by atomic mass is 16.1. The number of rotatable bonds is 0. The van der Waals surface area contributed by atoms with E-state index in [0.717, 1.165) is 23.7 Å². The van der Waals surface area contributed by atoms with Gasteiger partial charge in [-0.25, -0.2) is 0 Å². The molecule has 0 radical (unpaired) electrons. The maximum absolute atomic E-state index is 11.7. The molecule has 0 saturated heterocycles. The fourth-order valence-electron chi connectivity index (χ4n) is 6.60. The van der Waals surface area contributed by atoms with Gasteiger partial charge in [0.15, 0.2) is 0 Å². The maximum atomic E-state index is 11.7. The minimum Gasteiger partial charge on any atom is -0.349 e. The minimum atomic E-state index is 0.117. The van der Waals surface area contributed by atoms with Crippen LogP contribution in [0.3, 0.4) is 0 Å². The lowest BCUT2D eigenvalue weighted by Gasteiger charge is -2.58. The van der Waals surface area contributed by atoms with Crippen molar-refractivity contribution in [1.29, 1.82) is 0 Å². The van der Waals surface area contributed by atoms with Gasteiger partial charge in [-0.05, 0) is 73.7 Å². The SMILES string of the molecule is CC1CCC2C3CC[C@H]4NC(=O)C=C[C@]4(C)C3CC[C@]12C. The van der Waals surface area contributed by atoms with Crippen LogP contribution in [-0.4, -0.2) is 11.9 Å². The van der Waals surface area contributed by atoms with Crippen molar-refractivity contribution in [2.24, 2.45) is 34.5 Å². The number of carbonyl (C=O) groups is 1. The third-order valence-electron chi connectivity index (χ3n) is 8.16. The summed E-state index contributed by atoms with van der Waals surface area (Å²) < 4.78 is 0. The number of carbonyl (C=O) groups excluding carboxylic acids is 1. The summed E-state index contributed by atoms with van der Waals surface area (Å²) in [5.41, 5.74) is 0.788. The van der Waals surface area contributed by atoms with Crippen LogP contribution < -0.4 is 5.32 Å². The molecule has 3 fully saturated rings. The van der Waals surface area contributed by atoms with E-state index in [9.17, 15) is 4.79 Å². The standard InChI is InChI=1S/C19H29NO/c1-12-4-6-14-13-5-7-16-19(3,11-9-17(21)20-16)15(13)8-10-18(12,14)2/h9,11-16H,4-8,10H2,1-3H3,(H,20,21)/t12?,13?,14?,15?,16-,18-,19-/m1/s1. The number of hydrogen-bond acceptors (Lipinski definition) is 1. The van der Waals surface area contributed by atoms with Crippen LogP contribution in [0.15, 0.2) is 12.2 Å². The topological polar surface area (TPSA) is 29.1 Å². The molecule has 0 bridgehead atoms. The van der Waals surface area contributed by atoms with Crippen molar-refractivity contribution in [3.63, 3.8) is 0 Å². The third-order valence-corrected chi connectivity index (χ3v) is 8.16. The molecule has 0 aromatic carbocycles. The van der Waals surface area contributed by atoms with E-state index in [0.29, 0.717) is 11.5 Å². The van der Waals surface area contributed by atoms with Gasteiger partial charge in [-0.15, -0.1) is 0 Å². The summed E-state index contributed by atoms with van der Waals surface area (Å²) >= 11 is 0.